The van der Waals surface area contributed by atoms with Gasteiger partial charge in [-0.1, -0.05) is 44.2 Å². The highest BCUT2D eigenvalue weighted by atomic mass is 16.2. The Balaban J connectivity index is 1.66. The number of hydrogen-bond donors (Lipinski definition) is 1. The minimum Gasteiger partial charge on any atom is -0.356 e. The van der Waals surface area contributed by atoms with Gasteiger partial charge in [-0.25, -0.2) is 0 Å². The molecule has 0 radical (unpaired) electrons. The van der Waals surface area contributed by atoms with E-state index in [1.54, 1.807) is 0 Å². The van der Waals surface area contributed by atoms with E-state index in [9.17, 15) is 9.59 Å². The van der Waals surface area contributed by atoms with Gasteiger partial charge in [0.2, 0.25) is 11.8 Å². The second-order valence-corrected chi connectivity index (χ2v) is 6.99. The fraction of sp³-hybridized carbons (Fsp3) is 0.619. The van der Waals surface area contributed by atoms with Crippen LogP contribution >= 0.6 is 0 Å². The van der Waals surface area contributed by atoms with Gasteiger partial charge < -0.3 is 10.2 Å². The van der Waals surface area contributed by atoms with E-state index in [4.69, 9.17) is 0 Å². The molecule has 1 aromatic rings. The first-order valence-electron chi connectivity index (χ1n) is 9.76. The standard InChI is InChI=1S/C21H32N2O2/c1-3-18(4-2)21(25)23-15-12-19(13-16-23)20(24)22-14-8-11-17-9-6-5-7-10-17/h5-7,9-10,18-19H,3-4,8,11-16H2,1-2H3,(H,22,24). The highest BCUT2D eigenvalue weighted by Crippen LogP contribution is 2.21. The molecule has 2 amide bonds. The molecule has 0 spiro atoms. The molecule has 1 aliphatic rings. The first kappa shape index (κ1) is 19.5. The maximum absolute atomic E-state index is 12.4. The Morgan fingerprint density at radius 2 is 1.76 bits per heavy atom. The van der Waals surface area contributed by atoms with Crippen LogP contribution in [-0.4, -0.2) is 36.3 Å². The van der Waals surface area contributed by atoms with Crippen LogP contribution < -0.4 is 5.32 Å². The Bertz CT molecular complexity index is 532. The lowest BCUT2D eigenvalue weighted by Gasteiger charge is -2.33. The maximum atomic E-state index is 12.4. The third-order valence-corrected chi connectivity index (χ3v) is 5.30. The van der Waals surface area contributed by atoms with Gasteiger partial charge in [0.25, 0.3) is 0 Å². The summed E-state index contributed by atoms with van der Waals surface area (Å²) in [6, 6.07) is 10.4. The molecule has 0 aromatic heterocycles. The van der Waals surface area contributed by atoms with Crippen molar-refractivity contribution in [3.05, 3.63) is 35.9 Å². The summed E-state index contributed by atoms with van der Waals surface area (Å²) in [6.07, 6.45) is 5.33. The second kappa shape index (κ2) is 10.2. The van der Waals surface area contributed by atoms with Gasteiger partial charge >= 0.3 is 0 Å². The van der Waals surface area contributed by atoms with Crippen molar-refractivity contribution in [1.29, 1.82) is 0 Å². The molecule has 1 fully saturated rings. The van der Waals surface area contributed by atoms with Crippen LogP contribution in [0.3, 0.4) is 0 Å². The minimum absolute atomic E-state index is 0.0579. The molecule has 138 valence electrons. The Labute approximate surface area is 152 Å². The van der Waals surface area contributed by atoms with Gasteiger partial charge in [0.15, 0.2) is 0 Å². The van der Waals surface area contributed by atoms with Gasteiger partial charge in [0.05, 0.1) is 0 Å². The van der Waals surface area contributed by atoms with Crippen LogP contribution in [0, 0.1) is 11.8 Å². The van der Waals surface area contributed by atoms with Crippen LogP contribution in [0.25, 0.3) is 0 Å². The van der Waals surface area contributed by atoms with E-state index in [2.05, 4.69) is 31.3 Å². The molecule has 2 rings (SSSR count). The number of likely N-dealkylation sites (tertiary alicyclic amines) is 1. The zero-order valence-electron chi connectivity index (χ0n) is 15.7. The fourth-order valence-corrected chi connectivity index (χ4v) is 3.55. The van der Waals surface area contributed by atoms with Gasteiger partial charge in [-0.3, -0.25) is 9.59 Å². The van der Waals surface area contributed by atoms with E-state index < -0.39 is 0 Å². The number of carbonyl (C=O) groups excluding carboxylic acids is 2. The van der Waals surface area contributed by atoms with Crippen molar-refractivity contribution in [2.24, 2.45) is 11.8 Å². The van der Waals surface area contributed by atoms with E-state index in [1.165, 1.54) is 5.56 Å². The summed E-state index contributed by atoms with van der Waals surface area (Å²) >= 11 is 0. The van der Waals surface area contributed by atoms with Crippen LogP contribution in [0.5, 0.6) is 0 Å². The minimum atomic E-state index is 0.0579. The van der Waals surface area contributed by atoms with E-state index in [0.717, 1.165) is 58.2 Å². The molecule has 1 aromatic carbocycles. The highest BCUT2D eigenvalue weighted by molar-refractivity contribution is 5.81. The van der Waals surface area contributed by atoms with Crippen molar-refractivity contribution in [3.8, 4) is 0 Å². The molecule has 0 unspecified atom stereocenters. The molecule has 0 aliphatic carbocycles. The number of carbonyl (C=O) groups is 2. The number of piperidine rings is 1. The first-order chi connectivity index (χ1) is 12.2. The lowest BCUT2D eigenvalue weighted by Crippen LogP contribution is -2.45. The summed E-state index contributed by atoms with van der Waals surface area (Å²) in [7, 11) is 0. The largest absolute Gasteiger partial charge is 0.356 e. The normalized spacial score (nSPS) is 15.4. The molecule has 4 nitrogen and oxygen atoms in total. The van der Waals surface area contributed by atoms with Crippen molar-refractivity contribution in [2.45, 2.75) is 52.4 Å². The first-order valence-corrected chi connectivity index (χ1v) is 9.76. The smallest absolute Gasteiger partial charge is 0.225 e. The molecular formula is C21H32N2O2. The number of aryl methyl sites for hydroxylation is 1. The highest BCUT2D eigenvalue weighted by Gasteiger charge is 2.29. The van der Waals surface area contributed by atoms with Gasteiger partial charge in [-0.15, -0.1) is 0 Å². The van der Waals surface area contributed by atoms with Crippen molar-refractivity contribution in [3.63, 3.8) is 0 Å². The van der Waals surface area contributed by atoms with Crippen LogP contribution in [0.4, 0.5) is 0 Å². The number of nitrogens with one attached hydrogen (secondary N) is 1. The van der Waals surface area contributed by atoms with Gasteiger partial charge in [0.1, 0.15) is 0 Å². The van der Waals surface area contributed by atoms with Gasteiger partial charge in [-0.2, -0.15) is 0 Å². The Morgan fingerprint density at radius 3 is 2.36 bits per heavy atom. The van der Waals surface area contributed by atoms with E-state index in [-0.39, 0.29) is 23.7 Å². The molecule has 1 N–H and O–H groups in total. The van der Waals surface area contributed by atoms with Crippen LogP contribution in [0.2, 0.25) is 0 Å². The zero-order chi connectivity index (χ0) is 18.1. The molecule has 25 heavy (non-hydrogen) atoms. The third kappa shape index (κ3) is 5.87. The molecule has 1 heterocycles. The van der Waals surface area contributed by atoms with Gasteiger partial charge in [-0.05, 0) is 44.1 Å². The van der Waals surface area contributed by atoms with E-state index in [1.807, 2.05) is 23.1 Å². The summed E-state index contributed by atoms with van der Waals surface area (Å²) in [6.45, 7) is 6.30. The third-order valence-electron chi connectivity index (χ3n) is 5.30. The van der Waals surface area contributed by atoms with Crippen molar-refractivity contribution < 1.29 is 9.59 Å². The molecule has 0 bridgehead atoms. The van der Waals surface area contributed by atoms with Crippen LogP contribution in [0.1, 0.15) is 51.5 Å². The SMILES string of the molecule is CCC(CC)C(=O)N1CCC(C(=O)NCCCc2ccccc2)CC1. The van der Waals surface area contributed by atoms with Crippen LogP contribution in [0.15, 0.2) is 30.3 Å². The van der Waals surface area contributed by atoms with Crippen LogP contribution in [-0.2, 0) is 16.0 Å². The van der Waals surface area contributed by atoms with Crippen molar-refractivity contribution in [2.75, 3.05) is 19.6 Å². The lowest BCUT2D eigenvalue weighted by atomic mass is 9.93. The molecule has 0 saturated carbocycles. The molecule has 4 heteroatoms. The van der Waals surface area contributed by atoms with E-state index >= 15 is 0 Å². The predicted molar refractivity (Wildman–Crippen MR) is 101 cm³/mol. The summed E-state index contributed by atoms with van der Waals surface area (Å²) in [4.78, 5) is 26.7. The van der Waals surface area contributed by atoms with E-state index in [0.29, 0.717) is 0 Å². The number of benzene rings is 1. The fourth-order valence-electron chi connectivity index (χ4n) is 3.55. The second-order valence-electron chi connectivity index (χ2n) is 6.99. The Kier molecular flexibility index (Phi) is 7.96. The molecule has 0 atom stereocenters. The summed E-state index contributed by atoms with van der Waals surface area (Å²) in [5.41, 5.74) is 1.31. The van der Waals surface area contributed by atoms with Crippen molar-refractivity contribution >= 4 is 11.8 Å². The Morgan fingerprint density at radius 1 is 1.12 bits per heavy atom. The predicted octanol–water partition coefficient (Wildman–Crippen LogP) is 3.41. The maximum Gasteiger partial charge on any atom is 0.225 e. The quantitative estimate of drug-likeness (QED) is 0.735. The summed E-state index contributed by atoms with van der Waals surface area (Å²) in [5, 5.41) is 3.07. The molecule has 1 saturated heterocycles. The lowest BCUT2D eigenvalue weighted by molar-refractivity contribution is -0.139. The Hall–Kier alpha value is -1.84. The number of nitrogens with zero attached hydrogens (tertiary/aromatic N) is 1. The number of hydrogen-bond acceptors (Lipinski definition) is 2. The molecular weight excluding hydrogens is 312 g/mol. The zero-order valence-corrected chi connectivity index (χ0v) is 15.7. The molecule has 1 aliphatic heterocycles. The topological polar surface area (TPSA) is 49.4 Å². The average Bonchev–Trinajstić information content (AvgIpc) is 2.67. The van der Waals surface area contributed by atoms with Crippen molar-refractivity contribution in [1.82, 2.24) is 10.2 Å². The van der Waals surface area contributed by atoms with Gasteiger partial charge in [0, 0.05) is 31.5 Å². The average molecular weight is 344 g/mol. The summed E-state index contributed by atoms with van der Waals surface area (Å²) < 4.78 is 0. The number of rotatable bonds is 8. The summed E-state index contributed by atoms with van der Waals surface area (Å²) in [5.74, 6) is 0.625. The number of amides is 2. The monoisotopic (exact) mass is 344 g/mol.